The Bertz CT molecular complexity index is 456. The SMILES string of the molecule is COc1cccc(N2CCN(CC(C)C(=O)O)CC2)c1. The molecule has 0 spiro atoms. The lowest BCUT2D eigenvalue weighted by Gasteiger charge is -2.36. The van der Waals surface area contributed by atoms with Crippen LogP contribution in [0.4, 0.5) is 5.69 Å². The van der Waals surface area contributed by atoms with E-state index < -0.39 is 5.97 Å². The Labute approximate surface area is 119 Å². The van der Waals surface area contributed by atoms with E-state index in [2.05, 4.69) is 15.9 Å². The maximum absolute atomic E-state index is 10.9. The fourth-order valence-corrected chi connectivity index (χ4v) is 2.46. The molecule has 1 aromatic rings. The highest BCUT2D eigenvalue weighted by molar-refractivity contribution is 5.69. The summed E-state index contributed by atoms with van der Waals surface area (Å²) in [6.45, 7) is 6.01. The van der Waals surface area contributed by atoms with Crippen molar-refractivity contribution in [1.82, 2.24) is 4.90 Å². The molecule has 0 radical (unpaired) electrons. The molecule has 1 fully saturated rings. The number of nitrogens with zero attached hydrogens (tertiary/aromatic N) is 2. The molecule has 1 heterocycles. The lowest BCUT2D eigenvalue weighted by atomic mass is 10.1. The van der Waals surface area contributed by atoms with Gasteiger partial charge in [0.1, 0.15) is 5.75 Å². The minimum absolute atomic E-state index is 0.307. The molecule has 5 heteroatoms. The third kappa shape index (κ3) is 3.63. The molecule has 0 aliphatic carbocycles. The number of aliphatic carboxylic acids is 1. The third-order valence-corrected chi connectivity index (χ3v) is 3.74. The first kappa shape index (κ1) is 14.7. The summed E-state index contributed by atoms with van der Waals surface area (Å²) in [5.74, 6) is -0.164. The van der Waals surface area contributed by atoms with Crippen LogP contribution in [0.15, 0.2) is 24.3 Å². The first-order chi connectivity index (χ1) is 9.60. The monoisotopic (exact) mass is 278 g/mol. The Morgan fingerprint density at radius 1 is 1.35 bits per heavy atom. The van der Waals surface area contributed by atoms with Crippen molar-refractivity contribution in [3.05, 3.63) is 24.3 Å². The van der Waals surface area contributed by atoms with E-state index in [-0.39, 0.29) is 5.92 Å². The highest BCUT2D eigenvalue weighted by atomic mass is 16.5. The zero-order chi connectivity index (χ0) is 14.5. The highest BCUT2D eigenvalue weighted by Crippen LogP contribution is 2.22. The van der Waals surface area contributed by atoms with Gasteiger partial charge in [0.05, 0.1) is 13.0 Å². The Morgan fingerprint density at radius 3 is 2.65 bits per heavy atom. The van der Waals surface area contributed by atoms with Crippen LogP contribution in [0.1, 0.15) is 6.92 Å². The van der Waals surface area contributed by atoms with E-state index >= 15 is 0 Å². The fraction of sp³-hybridized carbons (Fsp3) is 0.533. The minimum atomic E-state index is -0.722. The van der Waals surface area contributed by atoms with Crippen LogP contribution in [0.3, 0.4) is 0 Å². The molecule has 1 aromatic carbocycles. The van der Waals surface area contributed by atoms with Gasteiger partial charge in [-0.2, -0.15) is 0 Å². The zero-order valence-electron chi connectivity index (χ0n) is 12.1. The van der Waals surface area contributed by atoms with E-state index in [1.807, 2.05) is 18.2 Å². The lowest BCUT2D eigenvalue weighted by Crippen LogP contribution is -2.48. The second-order valence-corrected chi connectivity index (χ2v) is 5.23. The first-order valence-electron chi connectivity index (χ1n) is 6.94. The van der Waals surface area contributed by atoms with Crippen LogP contribution in [-0.4, -0.2) is 55.8 Å². The summed E-state index contributed by atoms with van der Waals surface area (Å²) in [5.41, 5.74) is 1.16. The van der Waals surface area contributed by atoms with Gasteiger partial charge in [-0.3, -0.25) is 9.69 Å². The third-order valence-electron chi connectivity index (χ3n) is 3.74. The Balaban J connectivity index is 1.89. The number of methoxy groups -OCH3 is 1. The molecule has 5 nitrogen and oxygen atoms in total. The predicted octanol–water partition coefficient (Wildman–Crippen LogP) is 1.54. The van der Waals surface area contributed by atoms with Crippen LogP contribution < -0.4 is 9.64 Å². The molecule has 1 saturated heterocycles. The van der Waals surface area contributed by atoms with Gasteiger partial charge in [-0.1, -0.05) is 13.0 Å². The lowest BCUT2D eigenvalue weighted by molar-refractivity contribution is -0.141. The summed E-state index contributed by atoms with van der Waals surface area (Å²) in [6.07, 6.45) is 0. The highest BCUT2D eigenvalue weighted by Gasteiger charge is 2.21. The maximum atomic E-state index is 10.9. The van der Waals surface area contributed by atoms with E-state index in [0.717, 1.165) is 37.6 Å². The molecular weight excluding hydrogens is 256 g/mol. The van der Waals surface area contributed by atoms with Gasteiger partial charge in [-0.15, -0.1) is 0 Å². The van der Waals surface area contributed by atoms with Crippen LogP contribution >= 0.6 is 0 Å². The van der Waals surface area contributed by atoms with E-state index in [1.165, 1.54) is 0 Å². The van der Waals surface area contributed by atoms with Crippen molar-refractivity contribution in [3.8, 4) is 5.75 Å². The van der Waals surface area contributed by atoms with Crippen LogP contribution in [0, 0.1) is 5.92 Å². The van der Waals surface area contributed by atoms with Gasteiger partial charge in [0, 0.05) is 44.5 Å². The van der Waals surface area contributed by atoms with E-state index in [1.54, 1.807) is 14.0 Å². The number of benzene rings is 1. The zero-order valence-corrected chi connectivity index (χ0v) is 12.1. The molecule has 110 valence electrons. The smallest absolute Gasteiger partial charge is 0.307 e. The maximum Gasteiger partial charge on any atom is 0.307 e. The van der Waals surface area contributed by atoms with Crippen molar-refractivity contribution < 1.29 is 14.6 Å². The molecule has 0 aromatic heterocycles. The van der Waals surface area contributed by atoms with Crippen molar-refractivity contribution in [3.63, 3.8) is 0 Å². The van der Waals surface area contributed by atoms with Gasteiger partial charge in [-0.25, -0.2) is 0 Å². The molecular formula is C15H22N2O3. The van der Waals surface area contributed by atoms with Gasteiger partial charge >= 0.3 is 5.97 Å². The molecule has 1 N–H and O–H groups in total. The molecule has 2 rings (SSSR count). The normalized spacial score (nSPS) is 17.8. The number of carbonyl (C=O) groups is 1. The predicted molar refractivity (Wildman–Crippen MR) is 78.4 cm³/mol. The Morgan fingerprint density at radius 2 is 2.05 bits per heavy atom. The number of hydrogen-bond donors (Lipinski definition) is 1. The van der Waals surface area contributed by atoms with Crippen LogP contribution in [0.5, 0.6) is 5.75 Å². The van der Waals surface area contributed by atoms with Crippen molar-refractivity contribution in [2.24, 2.45) is 5.92 Å². The molecule has 20 heavy (non-hydrogen) atoms. The second-order valence-electron chi connectivity index (χ2n) is 5.23. The number of piperazine rings is 1. The van der Waals surface area contributed by atoms with Crippen molar-refractivity contribution in [2.45, 2.75) is 6.92 Å². The van der Waals surface area contributed by atoms with E-state index in [4.69, 9.17) is 9.84 Å². The number of hydrogen-bond acceptors (Lipinski definition) is 4. The van der Waals surface area contributed by atoms with Crippen LogP contribution in [0.2, 0.25) is 0 Å². The summed E-state index contributed by atoms with van der Waals surface area (Å²) >= 11 is 0. The number of rotatable bonds is 5. The number of carboxylic acids is 1. The van der Waals surface area contributed by atoms with Gasteiger partial charge in [0.2, 0.25) is 0 Å². The number of carboxylic acid groups (broad SMARTS) is 1. The number of anilines is 1. The van der Waals surface area contributed by atoms with Gasteiger partial charge in [-0.05, 0) is 12.1 Å². The van der Waals surface area contributed by atoms with Crippen molar-refractivity contribution >= 4 is 11.7 Å². The molecule has 1 aliphatic rings. The average Bonchev–Trinajstić information content (AvgIpc) is 2.48. The van der Waals surface area contributed by atoms with Gasteiger partial charge < -0.3 is 14.7 Å². The second kappa shape index (κ2) is 6.61. The van der Waals surface area contributed by atoms with Crippen LogP contribution in [0.25, 0.3) is 0 Å². The van der Waals surface area contributed by atoms with Crippen molar-refractivity contribution in [2.75, 3.05) is 44.7 Å². The minimum Gasteiger partial charge on any atom is -0.497 e. The van der Waals surface area contributed by atoms with Gasteiger partial charge in [0.15, 0.2) is 0 Å². The molecule has 1 atom stereocenters. The van der Waals surface area contributed by atoms with E-state index in [0.29, 0.717) is 6.54 Å². The molecule has 1 aliphatic heterocycles. The van der Waals surface area contributed by atoms with Crippen molar-refractivity contribution in [1.29, 1.82) is 0 Å². The quantitative estimate of drug-likeness (QED) is 0.885. The fourth-order valence-electron chi connectivity index (χ4n) is 2.46. The topological polar surface area (TPSA) is 53.0 Å². The van der Waals surface area contributed by atoms with Crippen LogP contribution in [-0.2, 0) is 4.79 Å². The molecule has 1 unspecified atom stereocenters. The summed E-state index contributed by atoms with van der Waals surface area (Å²) in [5, 5.41) is 8.95. The Kier molecular flexibility index (Phi) is 4.84. The largest absolute Gasteiger partial charge is 0.497 e. The number of ether oxygens (including phenoxy) is 1. The standard InChI is InChI=1S/C15H22N2O3/c1-12(15(18)19)11-16-6-8-17(9-7-16)13-4-3-5-14(10-13)20-2/h3-5,10,12H,6-9,11H2,1-2H3,(H,18,19). The first-order valence-corrected chi connectivity index (χ1v) is 6.94. The molecule has 0 amide bonds. The molecule has 0 saturated carbocycles. The Hall–Kier alpha value is -1.75. The average molecular weight is 278 g/mol. The van der Waals surface area contributed by atoms with Gasteiger partial charge in [0.25, 0.3) is 0 Å². The summed E-state index contributed by atoms with van der Waals surface area (Å²) in [7, 11) is 1.67. The summed E-state index contributed by atoms with van der Waals surface area (Å²) < 4.78 is 5.24. The summed E-state index contributed by atoms with van der Waals surface area (Å²) in [6, 6.07) is 8.05. The van der Waals surface area contributed by atoms with E-state index in [9.17, 15) is 4.79 Å². The molecule has 0 bridgehead atoms. The summed E-state index contributed by atoms with van der Waals surface area (Å²) in [4.78, 5) is 15.4.